The minimum atomic E-state index is -3.22. The number of H-pyrrole nitrogens is 2. The summed E-state index contributed by atoms with van der Waals surface area (Å²) in [6.07, 6.45) is 10.0. The molecule has 0 aliphatic carbocycles. The number of rotatable bonds is 10. The van der Waals surface area contributed by atoms with E-state index in [2.05, 4.69) is 191 Å². The van der Waals surface area contributed by atoms with Gasteiger partial charge in [-0.05, 0) is 344 Å². The van der Waals surface area contributed by atoms with Gasteiger partial charge in [0.05, 0.1) is 83.4 Å². The number of halogens is 9. The van der Waals surface area contributed by atoms with Crippen LogP contribution in [0.15, 0.2) is 162 Å². The van der Waals surface area contributed by atoms with Crippen molar-refractivity contribution in [1.29, 1.82) is 0 Å². The van der Waals surface area contributed by atoms with Gasteiger partial charge in [-0.3, -0.25) is 51.6 Å². The SMILES string of the molecule is C.CC(C)(C)N.CC(C)(C)Nc1nc2c(Br)cccc2c(=O)n1C1CCOCC1.C[C@H]1NC(=O)c2cc(-c3cccc4c(=O)n(C5CCOCC5)c(NC(C)(C)C)nc34)[nH]c21.NC1CCOCC1.Nc1c(Br)cccc1C(=O)NC1CCOCC1.Nc1c(Br)cccc1C(=O)O.O=P(Cl)(Cl)Cl.O=c1[nH]c2c(Br)cccc2c(=O)n1C1CCOCC1.O=c1c2cccc(Br)c2nc(Cl)n1C1CCOCC1. The third-order valence-corrected chi connectivity index (χ3v) is 25.9. The molecule has 7 aliphatic heterocycles. The van der Waals surface area contributed by atoms with E-state index in [1.807, 2.05) is 97.5 Å². The monoisotopic (exact) mass is 2340 g/mol. The van der Waals surface area contributed by atoms with E-state index in [0.29, 0.717) is 162 Å². The van der Waals surface area contributed by atoms with E-state index in [1.165, 1.54) is 10.6 Å². The zero-order valence-electron chi connectivity index (χ0n) is 78.3. The number of anilines is 4. The Morgan fingerprint density at radius 2 is 0.820 bits per heavy atom. The molecule has 43 heteroatoms. The maximum Gasteiger partial charge on any atom is 0.339 e. The van der Waals surface area contributed by atoms with Gasteiger partial charge in [0.1, 0.15) is 0 Å². The fraction of sp³-hybridized carbons (Fsp3) is 0.469. The molecule has 756 valence electrons. The molecule has 6 saturated heterocycles. The third-order valence-electron chi connectivity index (χ3n) is 22.3. The Labute approximate surface area is 867 Å². The summed E-state index contributed by atoms with van der Waals surface area (Å²) < 4.78 is 51.6. The number of nitrogens with one attached hydrogen (secondary N) is 6. The summed E-state index contributed by atoms with van der Waals surface area (Å²) >= 11 is 36.7. The summed E-state index contributed by atoms with van der Waals surface area (Å²) in [5.74, 6) is -0.00647. The molecule has 1 atom stereocenters. The number of amides is 2. The van der Waals surface area contributed by atoms with Crippen LogP contribution in [0.2, 0.25) is 5.28 Å². The van der Waals surface area contributed by atoms with Crippen molar-refractivity contribution in [2.45, 2.75) is 213 Å². The molecule has 6 aromatic carbocycles. The molecule has 18 rings (SSSR count). The zero-order chi connectivity index (χ0) is 101. The Morgan fingerprint density at radius 3 is 1.24 bits per heavy atom. The lowest BCUT2D eigenvalue weighted by molar-refractivity contribution is 0.0675. The number of benzene rings is 6. The second-order valence-electron chi connectivity index (χ2n) is 36.6. The number of aromatic nitrogens is 9. The summed E-state index contributed by atoms with van der Waals surface area (Å²) in [6.45, 7) is 28.5. The number of nitrogen functional groups attached to an aromatic ring is 2. The zero-order valence-corrected chi connectivity index (χ0v) is 90.2. The summed E-state index contributed by atoms with van der Waals surface area (Å²) in [5.41, 5.74) is 28.1. The van der Waals surface area contributed by atoms with Crippen LogP contribution in [0.1, 0.15) is 221 Å². The van der Waals surface area contributed by atoms with E-state index >= 15 is 0 Å². The quantitative estimate of drug-likeness (QED) is 0.0344. The molecule has 0 spiro atoms. The van der Waals surface area contributed by atoms with Crippen LogP contribution in [0.3, 0.4) is 0 Å². The fourth-order valence-electron chi connectivity index (χ4n) is 15.7. The number of hydrogen-bond donors (Lipinski definition) is 11. The second-order valence-corrected chi connectivity index (χ2v) is 47.9. The van der Waals surface area contributed by atoms with E-state index in [4.69, 9.17) is 78.0 Å². The van der Waals surface area contributed by atoms with E-state index in [9.17, 15) is 42.9 Å². The van der Waals surface area contributed by atoms with Crippen LogP contribution >= 0.6 is 130 Å². The van der Waals surface area contributed by atoms with E-state index < -0.39 is 11.2 Å². The molecule has 6 fully saturated rings. The highest BCUT2D eigenvalue weighted by Crippen LogP contribution is 2.61. The molecule has 5 aromatic heterocycles. The molecule has 7 aliphatic rings. The number of aromatic amines is 2. The van der Waals surface area contributed by atoms with E-state index in [0.717, 1.165) is 112 Å². The first kappa shape index (κ1) is 115. The average Bonchev–Trinajstić information content (AvgIpc) is 1.76. The normalized spacial score (nSPS) is 16.8. The van der Waals surface area contributed by atoms with Gasteiger partial charge in [0.2, 0.25) is 17.2 Å². The van der Waals surface area contributed by atoms with Crippen LogP contribution in [0.25, 0.3) is 54.9 Å². The average molecular weight is 2340 g/mol. The largest absolute Gasteiger partial charge is 0.478 e. The highest BCUT2D eigenvalue weighted by Gasteiger charge is 2.33. The third kappa shape index (κ3) is 33.0. The van der Waals surface area contributed by atoms with Crippen molar-refractivity contribution in [3.05, 3.63) is 217 Å². The lowest BCUT2D eigenvalue weighted by atomic mass is 10.1. The number of aromatic carboxylic acids is 1. The van der Waals surface area contributed by atoms with E-state index in [-0.39, 0.29) is 117 Å². The summed E-state index contributed by atoms with van der Waals surface area (Å²) in [5, 5.41) is 20.7. The van der Waals surface area contributed by atoms with Gasteiger partial charge in [-0.15, -0.1) is 0 Å². The van der Waals surface area contributed by atoms with Gasteiger partial charge in [0.25, 0.3) is 34.1 Å². The molecule has 33 nitrogen and oxygen atoms in total. The Hall–Kier alpha value is -7.96. The standard InChI is InChI=1S/C24H29N5O3.C17H22BrN3O2.C13H12BrClN2O2.C13H13BrN2O3.C12H15BrN2O2.C7H6BrNO2.C5H11NO.C4H11N.CH4.Cl3OP/c1-13-19-17(21(30)25-13)12-18(26-19)15-6-5-7-16-20(15)27-23(28-24(2,3)4)29(22(16)31)14-8-10-32-11-9-14;1-17(2,3)20-16-19-14-12(5-4-6-13(14)18)15(22)21(16)11-7-9-23-10-8-11;14-10-3-1-2-9-11(10)16-13(15)17(12(9)18)8-4-6-19-7-5-8;14-10-3-1-2-9-11(10)15-13(18)16(12(9)17)8-4-6-19-7-5-8;13-10-3-1-2-9(11(10)14)12(16)15-8-4-6-17-7-5-8;8-5-3-1-2-4(6(5)9)7(10)11;6-5-1-3-7-4-2-5;1-4(2,3)5;;1-5(2,3)4/h5-7,12-14,26H,8-11H2,1-4H3,(H,25,30)(H,27,28);4-6,11H,7-10H2,1-3H3,(H,19,20);1-3,8H,4-7H2;1-3,8H,4-7H2,(H,15,18);1-3,8H,4-7,14H2,(H,15,16);1-3H,9H2,(H,10,11);5H,1-4,6H2;5H2,1-3H3;1H4;/t13-;;;;;;;;;/m1........./s1. The molecule has 0 saturated carbocycles. The van der Waals surface area contributed by atoms with Crippen molar-refractivity contribution in [3.63, 3.8) is 0 Å². The van der Waals surface area contributed by atoms with Crippen molar-refractivity contribution in [3.8, 4) is 11.3 Å². The lowest BCUT2D eigenvalue weighted by Gasteiger charge is -2.30. The Bertz CT molecular complexity index is 6430. The van der Waals surface area contributed by atoms with Gasteiger partial charge in [-0.25, -0.2) is 24.5 Å². The summed E-state index contributed by atoms with van der Waals surface area (Å²) in [7, 11) is 0. The second kappa shape index (κ2) is 52.5. The number of carboxylic acid groups (broad SMARTS) is 1. The molecule has 12 heterocycles. The van der Waals surface area contributed by atoms with Gasteiger partial charge in [-0.2, -0.15) is 0 Å². The number of carbonyl (C=O) groups is 3. The molecule has 0 bridgehead atoms. The Kier molecular flexibility index (Phi) is 43.3. The predicted octanol–water partition coefficient (Wildman–Crippen LogP) is 20.4. The fourth-order valence-corrected chi connectivity index (χ4v) is 18.1. The molecule has 2 amide bonds. The molecule has 139 heavy (non-hydrogen) atoms. The predicted molar refractivity (Wildman–Crippen MR) is 573 cm³/mol. The molecule has 11 aromatic rings. The first-order valence-electron chi connectivity index (χ1n) is 45.1. The van der Waals surface area contributed by atoms with Crippen LogP contribution in [-0.4, -0.2) is 174 Å². The number of nitrogens with zero attached hydrogens (tertiary/aromatic N) is 7. The number of nitrogens with two attached hydrogens (primary N) is 4. The number of para-hydroxylation sites is 6. The van der Waals surface area contributed by atoms with Gasteiger partial charge in [-0.1, -0.05) is 49.9 Å². The summed E-state index contributed by atoms with van der Waals surface area (Å²) in [6, 6.07) is 34.7. The molecule has 0 unspecified atom stereocenters. The van der Waals surface area contributed by atoms with Gasteiger partial charge >= 0.3 is 16.9 Å². The highest BCUT2D eigenvalue weighted by molar-refractivity contribution is 9.11. The number of carbonyl (C=O) groups excluding carboxylic acids is 2. The molecular formula is C96H123Br5Cl4N17O16P. The van der Waals surface area contributed by atoms with Crippen LogP contribution in [0, 0.1) is 0 Å². The van der Waals surface area contributed by atoms with Crippen molar-refractivity contribution < 1.29 is 52.5 Å². The van der Waals surface area contributed by atoms with Crippen molar-refractivity contribution in [2.75, 3.05) is 101 Å². The maximum atomic E-state index is 13.7. The van der Waals surface area contributed by atoms with Crippen molar-refractivity contribution in [1.82, 2.24) is 53.8 Å². The molecule has 15 N–H and O–H groups in total. The Balaban J connectivity index is 0.000000183. The van der Waals surface area contributed by atoms with Gasteiger partial charge < -0.3 is 87.7 Å². The van der Waals surface area contributed by atoms with Crippen LogP contribution in [0.5, 0.6) is 0 Å². The van der Waals surface area contributed by atoms with Gasteiger partial charge in [0.15, 0.2) is 0 Å². The molecule has 0 radical (unpaired) electrons. The first-order valence-corrected chi connectivity index (χ1v) is 53.9. The number of carboxylic acids is 1. The highest BCUT2D eigenvalue weighted by atomic mass is 79.9. The van der Waals surface area contributed by atoms with E-state index in [1.54, 1.807) is 53.1 Å². The number of ether oxygens (including phenoxy) is 6. The Morgan fingerprint density at radius 1 is 0.475 bits per heavy atom. The van der Waals surface area contributed by atoms with Crippen LogP contribution in [-0.2, 0) is 33.0 Å². The van der Waals surface area contributed by atoms with Crippen molar-refractivity contribution in [2.24, 2.45) is 11.5 Å². The van der Waals surface area contributed by atoms with Crippen LogP contribution < -0.4 is 72.1 Å². The number of fused-ring (bicyclic) bond motifs is 5. The topological polar surface area (TPSA) is 471 Å². The smallest absolute Gasteiger partial charge is 0.339 e. The van der Waals surface area contributed by atoms with Crippen LogP contribution in [0.4, 0.5) is 23.3 Å². The van der Waals surface area contributed by atoms with Crippen molar-refractivity contribution >= 4 is 215 Å². The van der Waals surface area contributed by atoms with Gasteiger partial charge in [0, 0.05) is 166 Å². The minimum absolute atomic E-state index is 0. The number of hydrogen-bond acceptors (Lipinski definition) is 24. The minimum Gasteiger partial charge on any atom is -0.478 e. The summed E-state index contributed by atoms with van der Waals surface area (Å²) in [4.78, 5) is 119. The molecular weight excluding hydrogens is 2220 g/mol. The lowest BCUT2D eigenvalue weighted by Crippen LogP contribution is -2.40. The first-order chi connectivity index (χ1) is 65.2. The maximum absolute atomic E-state index is 13.7.